The third-order valence-corrected chi connectivity index (χ3v) is 5.80. The number of anilines is 4. The molecule has 30 heavy (non-hydrogen) atoms. The van der Waals surface area contributed by atoms with Gasteiger partial charge in [0.25, 0.3) is 0 Å². The SMILES string of the molecule is Cc1cc(-c2cnc3sc(N)nc3c2)cc2c1OCCN(c1cc(N)nc(N)n1)C2. The number of aryl methyl sites for hydroxylation is 1. The third kappa shape index (κ3) is 3.30. The Morgan fingerprint density at radius 2 is 1.90 bits per heavy atom. The van der Waals surface area contributed by atoms with E-state index in [1.165, 1.54) is 11.3 Å². The van der Waals surface area contributed by atoms with E-state index in [0.29, 0.717) is 36.5 Å². The number of fused-ring (bicyclic) bond motifs is 2. The van der Waals surface area contributed by atoms with Crippen LogP contribution in [0.3, 0.4) is 0 Å². The highest BCUT2D eigenvalue weighted by Crippen LogP contribution is 2.35. The summed E-state index contributed by atoms with van der Waals surface area (Å²) < 4.78 is 6.07. The van der Waals surface area contributed by atoms with Crippen molar-refractivity contribution in [2.24, 2.45) is 0 Å². The van der Waals surface area contributed by atoms with Crippen LogP contribution in [0.5, 0.6) is 5.75 Å². The summed E-state index contributed by atoms with van der Waals surface area (Å²) >= 11 is 1.38. The van der Waals surface area contributed by atoms with Gasteiger partial charge in [0.15, 0.2) is 5.13 Å². The standard InChI is InChI=1S/C20H20N8OS/c1-10-4-11(12-6-14-18(24-8-12)30-20(23)25-14)5-13-9-28(2-3-29-17(10)13)16-7-15(21)26-19(22)27-16/h4-8H,2-3,9H2,1H3,(H2,23,25)(H4,21,22,26,27). The highest BCUT2D eigenvalue weighted by Gasteiger charge is 2.20. The number of aromatic nitrogens is 4. The normalized spacial score (nSPS) is 13.7. The third-order valence-electron chi connectivity index (χ3n) is 4.99. The first-order chi connectivity index (χ1) is 14.5. The Hall–Kier alpha value is -3.66. The zero-order valence-electron chi connectivity index (χ0n) is 16.3. The second-order valence-corrected chi connectivity index (χ2v) is 8.17. The maximum Gasteiger partial charge on any atom is 0.223 e. The largest absolute Gasteiger partial charge is 0.491 e. The van der Waals surface area contributed by atoms with Gasteiger partial charge >= 0.3 is 0 Å². The first-order valence-electron chi connectivity index (χ1n) is 9.40. The lowest BCUT2D eigenvalue weighted by Crippen LogP contribution is -2.26. The zero-order chi connectivity index (χ0) is 20.8. The molecule has 4 heterocycles. The Bertz CT molecular complexity index is 1250. The molecule has 0 spiro atoms. The Morgan fingerprint density at radius 1 is 1.03 bits per heavy atom. The number of rotatable bonds is 2. The number of thiazole rings is 1. The Morgan fingerprint density at radius 3 is 2.73 bits per heavy atom. The fourth-order valence-electron chi connectivity index (χ4n) is 3.71. The van der Waals surface area contributed by atoms with Crippen molar-refractivity contribution < 1.29 is 4.74 Å². The predicted octanol–water partition coefficient (Wildman–Crippen LogP) is 2.60. The van der Waals surface area contributed by atoms with E-state index >= 15 is 0 Å². The summed E-state index contributed by atoms with van der Waals surface area (Å²) in [7, 11) is 0. The number of nitrogens with two attached hydrogens (primary N) is 3. The van der Waals surface area contributed by atoms with Crippen LogP contribution in [0.15, 0.2) is 30.5 Å². The van der Waals surface area contributed by atoms with Crippen LogP contribution in [0.1, 0.15) is 11.1 Å². The first kappa shape index (κ1) is 18.4. The Balaban J connectivity index is 1.55. The van der Waals surface area contributed by atoms with Gasteiger partial charge in [-0.1, -0.05) is 11.3 Å². The van der Waals surface area contributed by atoms with E-state index < -0.39 is 0 Å². The van der Waals surface area contributed by atoms with Crippen molar-refractivity contribution in [1.29, 1.82) is 0 Å². The molecule has 0 unspecified atom stereocenters. The molecule has 0 saturated carbocycles. The van der Waals surface area contributed by atoms with Gasteiger partial charge in [0.2, 0.25) is 5.95 Å². The van der Waals surface area contributed by atoms with Gasteiger partial charge in [-0.15, -0.1) is 0 Å². The minimum Gasteiger partial charge on any atom is -0.491 e. The van der Waals surface area contributed by atoms with E-state index in [0.717, 1.165) is 38.4 Å². The molecule has 0 radical (unpaired) electrons. The maximum atomic E-state index is 6.07. The molecule has 10 heteroatoms. The van der Waals surface area contributed by atoms with Gasteiger partial charge in [-0.05, 0) is 36.2 Å². The summed E-state index contributed by atoms with van der Waals surface area (Å²) in [6.07, 6.45) is 1.85. The van der Waals surface area contributed by atoms with Crippen LogP contribution in [-0.2, 0) is 6.54 Å². The molecule has 9 nitrogen and oxygen atoms in total. The molecule has 1 aliphatic rings. The number of nitrogen functional groups attached to an aromatic ring is 3. The molecule has 0 atom stereocenters. The smallest absolute Gasteiger partial charge is 0.223 e. The van der Waals surface area contributed by atoms with Crippen molar-refractivity contribution in [1.82, 2.24) is 19.9 Å². The fraction of sp³-hybridized carbons (Fsp3) is 0.200. The van der Waals surface area contributed by atoms with E-state index in [1.54, 1.807) is 6.07 Å². The minimum atomic E-state index is 0.155. The lowest BCUT2D eigenvalue weighted by molar-refractivity contribution is 0.329. The summed E-state index contributed by atoms with van der Waals surface area (Å²) in [5.74, 6) is 2.07. The second kappa shape index (κ2) is 6.99. The van der Waals surface area contributed by atoms with E-state index in [4.69, 9.17) is 21.9 Å². The molecule has 1 aliphatic heterocycles. The van der Waals surface area contributed by atoms with Crippen molar-refractivity contribution >= 4 is 44.4 Å². The average molecular weight is 421 g/mol. The van der Waals surface area contributed by atoms with E-state index in [9.17, 15) is 0 Å². The molecule has 3 aromatic heterocycles. The summed E-state index contributed by atoms with van der Waals surface area (Å²) in [6, 6.07) is 7.96. The number of nitrogens with zero attached hydrogens (tertiary/aromatic N) is 5. The van der Waals surface area contributed by atoms with Gasteiger partial charge in [0, 0.05) is 29.9 Å². The van der Waals surface area contributed by atoms with Crippen molar-refractivity contribution in [2.75, 3.05) is 35.3 Å². The molecule has 4 aromatic rings. The molecule has 5 rings (SSSR count). The zero-order valence-corrected chi connectivity index (χ0v) is 17.1. The molecule has 6 N–H and O–H groups in total. The molecule has 0 saturated heterocycles. The molecule has 0 aliphatic carbocycles. The lowest BCUT2D eigenvalue weighted by atomic mass is 10.00. The summed E-state index contributed by atoms with van der Waals surface area (Å²) in [5, 5.41) is 0.514. The van der Waals surface area contributed by atoms with Crippen molar-refractivity contribution in [3.05, 3.63) is 41.6 Å². The number of benzene rings is 1. The quantitative estimate of drug-likeness (QED) is 0.446. The monoisotopic (exact) mass is 420 g/mol. The second-order valence-electron chi connectivity index (χ2n) is 7.16. The molecule has 0 fully saturated rings. The Labute approximate surface area is 176 Å². The number of pyridine rings is 1. The highest BCUT2D eigenvalue weighted by atomic mass is 32.1. The van der Waals surface area contributed by atoms with Crippen molar-refractivity contribution in [3.63, 3.8) is 0 Å². The van der Waals surface area contributed by atoms with Crippen LogP contribution in [-0.4, -0.2) is 33.1 Å². The maximum absolute atomic E-state index is 6.07. The van der Waals surface area contributed by atoms with Gasteiger partial charge in [-0.2, -0.15) is 9.97 Å². The molecule has 152 valence electrons. The van der Waals surface area contributed by atoms with Gasteiger partial charge in [0.05, 0.1) is 6.54 Å². The molecular weight excluding hydrogens is 400 g/mol. The van der Waals surface area contributed by atoms with Gasteiger partial charge < -0.3 is 26.8 Å². The van der Waals surface area contributed by atoms with Crippen LogP contribution in [0.4, 0.5) is 22.7 Å². The fourth-order valence-corrected chi connectivity index (χ4v) is 4.36. The van der Waals surface area contributed by atoms with Crippen LogP contribution in [0.25, 0.3) is 21.5 Å². The van der Waals surface area contributed by atoms with Crippen molar-refractivity contribution in [3.8, 4) is 16.9 Å². The number of ether oxygens (including phenoxy) is 1. The van der Waals surface area contributed by atoms with Gasteiger partial charge in [-0.3, -0.25) is 0 Å². The van der Waals surface area contributed by atoms with Crippen LogP contribution in [0, 0.1) is 6.92 Å². The predicted molar refractivity (Wildman–Crippen MR) is 119 cm³/mol. The molecular formula is C20H20N8OS. The average Bonchev–Trinajstić information content (AvgIpc) is 2.92. The minimum absolute atomic E-state index is 0.155. The van der Waals surface area contributed by atoms with E-state index in [-0.39, 0.29) is 5.95 Å². The molecule has 0 amide bonds. The van der Waals surface area contributed by atoms with E-state index in [1.807, 2.05) is 19.2 Å². The van der Waals surface area contributed by atoms with Gasteiger partial charge in [0.1, 0.15) is 34.3 Å². The van der Waals surface area contributed by atoms with Crippen LogP contribution >= 0.6 is 11.3 Å². The number of hydrogen-bond acceptors (Lipinski definition) is 10. The van der Waals surface area contributed by atoms with Gasteiger partial charge in [-0.25, -0.2) is 9.97 Å². The van der Waals surface area contributed by atoms with E-state index in [2.05, 4.69) is 37.0 Å². The first-order valence-corrected chi connectivity index (χ1v) is 10.2. The topological polar surface area (TPSA) is 142 Å². The number of hydrogen-bond donors (Lipinski definition) is 3. The van der Waals surface area contributed by atoms with Crippen LogP contribution < -0.4 is 26.8 Å². The summed E-state index contributed by atoms with van der Waals surface area (Å²) in [4.78, 5) is 20.1. The summed E-state index contributed by atoms with van der Waals surface area (Å²) in [5.41, 5.74) is 22.4. The molecule has 1 aromatic carbocycles. The lowest BCUT2D eigenvalue weighted by Gasteiger charge is -2.21. The Kier molecular flexibility index (Phi) is 4.28. The summed E-state index contributed by atoms with van der Waals surface area (Å²) in [6.45, 7) is 3.85. The molecule has 0 bridgehead atoms. The van der Waals surface area contributed by atoms with Crippen molar-refractivity contribution in [2.45, 2.75) is 13.5 Å². The van der Waals surface area contributed by atoms with Crippen LogP contribution in [0.2, 0.25) is 0 Å². The highest BCUT2D eigenvalue weighted by molar-refractivity contribution is 7.21.